The van der Waals surface area contributed by atoms with E-state index in [4.69, 9.17) is 0 Å². The van der Waals surface area contributed by atoms with E-state index in [1.54, 1.807) is 0 Å². The molecule has 0 fully saturated rings. The first kappa shape index (κ1) is 23.4. The average molecular weight is 497 g/mol. The summed E-state index contributed by atoms with van der Waals surface area (Å²) in [6.45, 7) is 1.84. The lowest BCUT2D eigenvalue weighted by atomic mass is 10.1. The number of aromatic nitrogens is 6. The number of anilines is 1. The maximum atomic E-state index is 14.7. The summed E-state index contributed by atoms with van der Waals surface area (Å²) in [5.74, 6) is -0.210. The predicted octanol–water partition coefficient (Wildman–Crippen LogP) is 4.86. The Bertz CT molecular complexity index is 1630. The number of nitrogens with zero attached hydrogens (tertiary/aromatic N) is 5. The number of imidazole rings is 1. The van der Waals surface area contributed by atoms with Gasteiger partial charge in [0.15, 0.2) is 11.5 Å². The summed E-state index contributed by atoms with van der Waals surface area (Å²) in [6, 6.07) is 8.95. The molecule has 12 heteroatoms. The third-order valence-corrected chi connectivity index (χ3v) is 5.69. The van der Waals surface area contributed by atoms with Gasteiger partial charge in [0.1, 0.15) is 28.9 Å². The molecule has 0 aliphatic carbocycles. The van der Waals surface area contributed by atoms with Crippen LogP contribution in [-0.4, -0.2) is 35.7 Å². The molecule has 3 aromatic heterocycles. The number of fused-ring (bicyclic) bond motifs is 2. The first-order chi connectivity index (χ1) is 17.2. The van der Waals surface area contributed by atoms with Crippen molar-refractivity contribution in [2.45, 2.75) is 32.0 Å². The number of H-pyrrole nitrogens is 1. The Morgan fingerprint density at radius 2 is 1.92 bits per heavy atom. The van der Waals surface area contributed by atoms with Crippen molar-refractivity contribution >= 4 is 27.9 Å². The molecule has 2 N–H and O–H groups in total. The van der Waals surface area contributed by atoms with E-state index in [-0.39, 0.29) is 28.0 Å². The number of rotatable bonds is 6. The van der Waals surface area contributed by atoms with Gasteiger partial charge in [-0.1, -0.05) is 25.1 Å². The van der Waals surface area contributed by atoms with Crippen LogP contribution >= 0.6 is 0 Å². The maximum absolute atomic E-state index is 14.7. The Kier molecular flexibility index (Phi) is 5.86. The predicted molar refractivity (Wildman–Crippen MR) is 125 cm³/mol. The van der Waals surface area contributed by atoms with Gasteiger partial charge in [-0.05, 0) is 36.2 Å². The second kappa shape index (κ2) is 9.02. The van der Waals surface area contributed by atoms with Crippen LogP contribution in [0.1, 0.15) is 30.8 Å². The monoisotopic (exact) mass is 497 g/mol. The van der Waals surface area contributed by atoms with E-state index in [0.717, 1.165) is 10.6 Å². The summed E-state index contributed by atoms with van der Waals surface area (Å²) in [5, 5.41) is 2.96. The Morgan fingerprint density at radius 1 is 1.11 bits per heavy atom. The topological polar surface area (TPSA) is 101 Å². The minimum absolute atomic E-state index is 0.0403. The molecule has 3 heterocycles. The van der Waals surface area contributed by atoms with Crippen LogP contribution in [0.2, 0.25) is 0 Å². The zero-order chi connectivity index (χ0) is 25.4. The summed E-state index contributed by atoms with van der Waals surface area (Å²) in [4.78, 5) is 33.6. The van der Waals surface area contributed by atoms with Crippen molar-refractivity contribution in [1.29, 1.82) is 0 Å². The highest BCUT2D eigenvalue weighted by Gasteiger charge is 2.28. The molecule has 0 aliphatic rings. The van der Waals surface area contributed by atoms with Crippen molar-refractivity contribution in [1.82, 2.24) is 29.5 Å². The van der Waals surface area contributed by atoms with Gasteiger partial charge in [0, 0.05) is 0 Å². The van der Waals surface area contributed by atoms with Gasteiger partial charge < -0.3 is 10.3 Å². The summed E-state index contributed by atoms with van der Waals surface area (Å²) in [5.41, 5.74) is 0.455. The van der Waals surface area contributed by atoms with Crippen molar-refractivity contribution in [2.24, 2.45) is 0 Å². The van der Waals surface area contributed by atoms with Crippen molar-refractivity contribution in [3.8, 4) is 5.69 Å². The zero-order valence-electron chi connectivity index (χ0n) is 18.8. The normalized spacial score (nSPS) is 12.8. The first-order valence-electron chi connectivity index (χ1n) is 11.0. The molecule has 0 bridgehead atoms. The average Bonchev–Trinajstić information content (AvgIpc) is 3.31. The summed E-state index contributed by atoms with van der Waals surface area (Å²) < 4.78 is 55.0. The van der Waals surface area contributed by atoms with E-state index >= 15 is 0 Å². The van der Waals surface area contributed by atoms with E-state index in [1.807, 2.05) is 6.92 Å². The van der Waals surface area contributed by atoms with Gasteiger partial charge in [-0.2, -0.15) is 13.2 Å². The summed E-state index contributed by atoms with van der Waals surface area (Å²) in [6.07, 6.45) is -2.40. The van der Waals surface area contributed by atoms with Crippen molar-refractivity contribution in [2.75, 3.05) is 5.32 Å². The minimum Gasteiger partial charge on any atom is -0.358 e. The maximum Gasteiger partial charge on any atom is 0.393 e. The van der Waals surface area contributed by atoms with Crippen LogP contribution in [0.5, 0.6) is 0 Å². The lowest BCUT2D eigenvalue weighted by molar-refractivity contribution is -0.127. The lowest BCUT2D eigenvalue weighted by Crippen LogP contribution is -2.29. The minimum atomic E-state index is -4.43. The van der Waals surface area contributed by atoms with E-state index < -0.39 is 30.0 Å². The molecule has 5 aromatic rings. The van der Waals surface area contributed by atoms with Gasteiger partial charge in [0.25, 0.3) is 5.56 Å². The molecule has 36 heavy (non-hydrogen) atoms. The second-order valence-corrected chi connectivity index (χ2v) is 8.13. The fraction of sp³-hybridized carbons (Fsp3) is 0.208. The molecule has 5 rings (SSSR count). The van der Waals surface area contributed by atoms with Gasteiger partial charge in [-0.15, -0.1) is 0 Å². The van der Waals surface area contributed by atoms with Crippen molar-refractivity contribution in [3.05, 3.63) is 82.7 Å². The fourth-order valence-electron chi connectivity index (χ4n) is 4.11. The second-order valence-electron chi connectivity index (χ2n) is 8.13. The molecule has 0 saturated heterocycles. The molecule has 184 valence electrons. The number of hydrogen-bond donors (Lipinski definition) is 2. The van der Waals surface area contributed by atoms with Crippen LogP contribution in [0.4, 0.5) is 23.4 Å². The Hall–Kier alpha value is -4.35. The molecule has 0 amide bonds. The molecule has 2 aromatic carbocycles. The number of benzene rings is 2. The summed E-state index contributed by atoms with van der Waals surface area (Å²) in [7, 11) is 0. The highest BCUT2D eigenvalue weighted by molar-refractivity contribution is 5.82. The largest absolute Gasteiger partial charge is 0.393 e. The van der Waals surface area contributed by atoms with E-state index in [1.165, 1.54) is 49.1 Å². The van der Waals surface area contributed by atoms with Gasteiger partial charge in [-0.25, -0.2) is 24.3 Å². The highest BCUT2D eigenvalue weighted by Crippen LogP contribution is 2.28. The molecule has 0 aliphatic heterocycles. The molecule has 0 spiro atoms. The Morgan fingerprint density at radius 3 is 2.69 bits per heavy atom. The van der Waals surface area contributed by atoms with Crippen molar-refractivity contribution < 1.29 is 17.6 Å². The number of hydrogen-bond acceptors (Lipinski definition) is 6. The molecular formula is C24H19F4N7O. The molecular weight excluding hydrogens is 478 g/mol. The SMILES string of the molecule is CC[C@H](Nc1ncnc2[nH]cnc12)c1nc2cccc(F)c2c(=O)n1-c1cccc(CC(F)(F)F)c1. The molecule has 8 nitrogen and oxygen atoms in total. The van der Waals surface area contributed by atoms with E-state index in [0.29, 0.717) is 23.4 Å². The third kappa shape index (κ3) is 4.37. The van der Waals surface area contributed by atoms with E-state index in [9.17, 15) is 22.4 Å². The fourth-order valence-corrected chi connectivity index (χ4v) is 4.11. The van der Waals surface area contributed by atoms with Gasteiger partial charge in [-0.3, -0.25) is 9.36 Å². The number of nitrogens with one attached hydrogen (secondary N) is 2. The van der Waals surface area contributed by atoms with Gasteiger partial charge in [0.2, 0.25) is 0 Å². The zero-order valence-corrected chi connectivity index (χ0v) is 18.8. The van der Waals surface area contributed by atoms with Crippen LogP contribution < -0.4 is 10.9 Å². The van der Waals surface area contributed by atoms with Crippen molar-refractivity contribution in [3.63, 3.8) is 0 Å². The first-order valence-corrected chi connectivity index (χ1v) is 11.0. The molecule has 0 saturated carbocycles. The highest BCUT2D eigenvalue weighted by atomic mass is 19.4. The summed E-state index contributed by atoms with van der Waals surface area (Å²) >= 11 is 0. The Labute approximate surface area is 201 Å². The van der Waals surface area contributed by atoms with Crippen LogP contribution in [0, 0.1) is 5.82 Å². The Balaban J connectivity index is 1.71. The lowest BCUT2D eigenvalue weighted by Gasteiger charge is -2.22. The number of alkyl halides is 3. The smallest absolute Gasteiger partial charge is 0.358 e. The van der Waals surface area contributed by atoms with Gasteiger partial charge >= 0.3 is 6.18 Å². The molecule has 0 radical (unpaired) electrons. The van der Waals surface area contributed by atoms with Crippen LogP contribution in [0.15, 0.2) is 59.9 Å². The van der Waals surface area contributed by atoms with Crippen LogP contribution in [-0.2, 0) is 6.42 Å². The number of aromatic amines is 1. The van der Waals surface area contributed by atoms with Crippen LogP contribution in [0.3, 0.4) is 0 Å². The molecule has 0 unspecified atom stereocenters. The number of halogens is 4. The quantitative estimate of drug-likeness (QED) is 0.325. The standard InChI is InChI=1S/C24H19F4N7O/c1-2-16(33-21-19-20(30-11-29-19)31-12-32-21)22-34-17-8-4-7-15(25)18(17)23(36)35(22)14-6-3-5-13(9-14)10-24(26,27)28/h3-9,11-12,16H,2,10H2,1H3,(H2,29,30,31,32,33)/t16-/m0/s1. The van der Waals surface area contributed by atoms with Crippen LogP contribution in [0.25, 0.3) is 27.8 Å². The molecule has 1 atom stereocenters. The third-order valence-electron chi connectivity index (χ3n) is 5.69. The van der Waals surface area contributed by atoms with E-state index in [2.05, 4.69) is 30.2 Å². The van der Waals surface area contributed by atoms with Gasteiger partial charge in [0.05, 0.1) is 30.0 Å².